The summed E-state index contributed by atoms with van der Waals surface area (Å²) in [6.07, 6.45) is 0. The van der Waals surface area contributed by atoms with Crippen LogP contribution in [0.15, 0.2) is 53.1 Å². The summed E-state index contributed by atoms with van der Waals surface area (Å²) in [5, 5.41) is 17.1. The molecule has 2 aromatic carbocycles. The van der Waals surface area contributed by atoms with Crippen LogP contribution in [-0.2, 0) is 0 Å². The van der Waals surface area contributed by atoms with Crippen LogP contribution in [0, 0.1) is 15.9 Å². The van der Waals surface area contributed by atoms with Crippen molar-refractivity contribution in [2.75, 3.05) is 0 Å². The molecule has 26 heavy (non-hydrogen) atoms. The van der Waals surface area contributed by atoms with Gasteiger partial charge in [-0.15, -0.1) is 0 Å². The van der Waals surface area contributed by atoms with Crippen LogP contribution >= 0.6 is 0 Å². The summed E-state index contributed by atoms with van der Waals surface area (Å²) in [5.41, 5.74) is 0.604. The minimum Gasteiger partial charge on any atom is -0.341 e. The van der Waals surface area contributed by atoms with E-state index in [2.05, 4.69) is 15.5 Å². The Morgan fingerprint density at radius 1 is 1.27 bits per heavy atom. The third kappa shape index (κ3) is 3.72. The third-order valence-corrected chi connectivity index (χ3v) is 3.58. The maximum Gasteiger partial charge on any atom is 0.269 e. The van der Waals surface area contributed by atoms with Gasteiger partial charge in [0.25, 0.3) is 11.6 Å². The van der Waals surface area contributed by atoms with Crippen molar-refractivity contribution in [1.82, 2.24) is 15.5 Å². The monoisotopic (exact) mass is 356 g/mol. The number of nitrogens with zero attached hydrogens (tertiary/aromatic N) is 3. The summed E-state index contributed by atoms with van der Waals surface area (Å²) >= 11 is 0. The molecule has 8 nitrogen and oxygen atoms in total. The second kappa shape index (κ2) is 7.09. The second-order valence-electron chi connectivity index (χ2n) is 5.47. The predicted molar refractivity (Wildman–Crippen MR) is 88.7 cm³/mol. The number of nitrogens with one attached hydrogen (secondary N) is 1. The SMILES string of the molecule is C[C@H](NC(=O)c1ccc([N+](=O)[O-])cc1)c1nc(-c2cccc(F)c2)no1. The Hall–Kier alpha value is -3.62. The van der Waals surface area contributed by atoms with E-state index in [0.29, 0.717) is 5.56 Å². The van der Waals surface area contributed by atoms with Crippen molar-refractivity contribution in [1.29, 1.82) is 0 Å². The van der Waals surface area contributed by atoms with Crippen LogP contribution in [-0.4, -0.2) is 21.0 Å². The Labute approximate surface area is 146 Å². The van der Waals surface area contributed by atoms with E-state index >= 15 is 0 Å². The number of hydrogen-bond donors (Lipinski definition) is 1. The second-order valence-corrected chi connectivity index (χ2v) is 5.47. The van der Waals surface area contributed by atoms with Gasteiger partial charge < -0.3 is 9.84 Å². The molecule has 0 radical (unpaired) electrons. The Kier molecular flexibility index (Phi) is 4.70. The van der Waals surface area contributed by atoms with Gasteiger partial charge in [-0.1, -0.05) is 17.3 Å². The molecule has 0 fully saturated rings. The van der Waals surface area contributed by atoms with E-state index < -0.39 is 22.7 Å². The zero-order valence-corrected chi connectivity index (χ0v) is 13.5. The molecule has 1 heterocycles. The molecule has 0 saturated carbocycles. The van der Waals surface area contributed by atoms with E-state index in [1.54, 1.807) is 13.0 Å². The summed E-state index contributed by atoms with van der Waals surface area (Å²) in [6, 6.07) is 10.3. The van der Waals surface area contributed by atoms with Gasteiger partial charge in [0, 0.05) is 23.3 Å². The van der Waals surface area contributed by atoms with Gasteiger partial charge in [-0.3, -0.25) is 14.9 Å². The number of halogens is 1. The van der Waals surface area contributed by atoms with Crippen LogP contribution in [0.1, 0.15) is 29.2 Å². The van der Waals surface area contributed by atoms with Gasteiger partial charge in [-0.25, -0.2) is 4.39 Å². The molecule has 3 rings (SSSR count). The maximum absolute atomic E-state index is 13.3. The molecule has 0 saturated heterocycles. The van der Waals surface area contributed by atoms with Crippen LogP contribution < -0.4 is 5.32 Å². The number of benzene rings is 2. The summed E-state index contributed by atoms with van der Waals surface area (Å²) in [4.78, 5) is 26.5. The van der Waals surface area contributed by atoms with E-state index in [4.69, 9.17) is 4.52 Å². The highest BCUT2D eigenvalue weighted by Crippen LogP contribution is 2.20. The normalized spacial score (nSPS) is 11.8. The van der Waals surface area contributed by atoms with E-state index in [9.17, 15) is 19.3 Å². The lowest BCUT2D eigenvalue weighted by atomic mass is 10.2. The van der Waals surface area contributed by atoms with Crippen LogP contribution in [0.4, 0.5) is 10.1 Å². The average Bonchev–Trinajstić information content (AvgIpc) is 3.12. The highest BCUT2D eigenvalue weighted by Gasteiger charge is 2.19. The van der Waals surface area contributed by atoms with Gasteiger partial charge in [-0.2, -0.15) is 4.98 Å². The fourth-order valence-electron chi connectivity index (χ4n) is 2.23. The summed E-state index contributed by atoms with van der Waals surface area (Å²) < 4.78 is 18.4. The largest absolute Gasteiger partial charge is 0.341 e. The van der Waals surface area contributed by atoms with Crippen molar-refractivity contribution >= 4 is 11.6 Å². The Bertz CT molecular complexity index is 955. The average molecular weight is 356 g/mol. The number of carbonyl (C=O) groups excluding carboxylic acids is 1. The number of hydrogen-bond acceptors (Lipinski definition) is 6. The topological polar surface area (TPSA) is 111 Å². The molecule has 0 aliphatic carbocycles. The quantitative estimate of drug-likeness (QED) is 0.555. The van der Waals surface area contributed by atoms with Crippen molar-refractivity contribution < 1.29 is 18.6 Å². The highest BCUT2D eigenvalue weighted by molar-refractivity contribution is 5.94. The Morgan fingerprint density at radius 2 is 2.00 bits per heavy atom. The first-order chi connectivity index (χ1) is 12.4. The zero-order chi connectivity index (χ0) is 18.7. The van der Waals surface area contributed by atoms with Crippen LogP contribution in [0.25, 0.3) is 11.4 Å². The molecule has 0 unspecified atom stereocenters. The number of nitro groups is 1. The van der Waals surface area contributed by atoms with Gasteiger partial charge in [0.15, 0.2) is 0 Å². The number of aromatic nitrogens is 2. The van der Waals surface area contributed by atoms with Gasteiger partial charge in [-0.05, 0) is 31.2 Å². The molecule has 1 atom stereocenters. The minimum absolute atomic E-state index is 0.105. The Morgan fingerprint density at radius 3 is 2.65 bits per heavy atom. The molecule has 1 N–H and O–H groups in total. The molecule has 1 amide bonds. The van der Waals surface area contributed by atoms with E-state index in [-0.39, 0.29) is 23.0 Å². The predicted octanol–water partition coefficient (Wildman–Crippen LogP) is 3.27. The molecular weight excluding hydrogens is 343 g/mol. The number of amides is 1. The van der Waals surface area contributed by atoms with Crippen molar-refractivity contribution in [2.45, 2.75) is 13.0 Å². The fraction of sp³-hybridized carbons (Fsp3) is 0.118. The lowest BCUT2D eigenvalue weighted by Gasteiger charge is -2.09. The lowest BCUT2D eigenvalue weighted by molar-refractivity contribution is -0.384. The summed E-state index contributed by atoms with van der Waals surface area (Å²) in [6.45, 7) is 1.64. The molecule has 0 bridgehead atoms. The van der Waals surface area contributed by atoms with E-state index in [0.717, 1.165) is 0 Å². The van der Waals surface area contributed by atoms with E-state index in [1.165, 1.54) is 42.5 Å². The van der Waals surface area contributed by atoms with Crippen LogP contribution in [0.3, 0.4) is 0 Å². The van der Waals surface area contributed by atoms with Gasteiger partial charge in [0.1, 0.15) is 11.9 Å². The summed E-state index contributed by atoms with van der Waals surface area (Å²) in [7, 11) is 0. The molecule has 0 aliphatic heterocycles. The number of carbonyl (C=O) groups is 1. The van der Waals surface area contributed by atoms with Gasteiger partial charge in [0.2, 0.25) is 11.7 Å². The number of rotatable bonds is 5. The number of non-ortho nitro benzene ring substituents is 1. The number of nitro benzene ring substituents is 1. The summed E-state index contributed by atoms with van der Waals surface area (Å²) in [5.74, 6) is -0.512. The minimum atomic E-state index is -0.604. The van der Waals surface area contributed by atoms with Crippen molar-refractivity contribution in [3.8, 4) is 11.4 Å². The zero-order valence-electron chi connectivity index (χ0n) is 13.5. The molecule has 132 valence electrons. The van der Waals surface area contributed by atoms with E-state index in [1.807, 2.05) is 0 Å². The molecular formula is C17H13FN4O4. The third-order valence-electron chi connectivity index (χ3n) is 3.58. The standard InChI is InChI=1S/C17H13FN4O4/c1-10(19-16(23)11-5-7-14(8-6-11)22(24)25)17-20-15(21-26-17)12-3-2-4-13(18)9-12/h2-10H,1H3,(H,19,23)/t10-/m0/s1. The molecule has 0 aliphatic rings. The van der Waals surface area contributed by atoms with Crippen molar-refractivity contribution in [2.24, 2.45) is 0 Å². The van der Waals surface area contributed by atoms with Crippen molar-refractivity contribution in [3.63, 3.8) is 0 Å². The smallest absolute Gasteiger partial charge is 0.269 e. The first kappa shape index (κ1) is 17.2. The molecule has 0 spiro atoms. The molecule has 1 aromatic heterocycles. The van der Waals surface area contributed by atoms with Crippen molar-refractivity contribution in [3.05, 3.63) is 75.9 Å². The fourth-order valence-corrected chi connectivity index (χ4v) is 2.23. The highest BCUT2D eigenvalue weighted by atomic mass is 19.1. The van der Waals surface area contributed by atoms with Gasteiger partial charge in [0.05, 0.1) is 4.92 Å². The van der Waals surface area contributed by atoms with Crippen LogP contribution in [0.2, 0.25) is 0 Å². The van der Waals surface area contributed by atoms with Gasteiger partial charge >= 0.3 is 0 Å². The molecule has 9 heteroatoms. The Balaban J connectivity index is 1.71. The maximum atomic E-state index is 13.3. The lowest BCUT2D eigenvalue weighted by Crippen LogP contribution is -2.26. The first-order valence-electron chi connectivity index (χ1n) is 7.59. The van der Waals surface area contributed by atoms with Crippen LogP contribution in [0.5, 0.6) is 0 Å². The molecule has 3 aromatic rings. The first-order valence-corrected chi connectivity index (χ1v) is 7.59.